The highest BCUT2D eigenvalue weighted by Crippen LogP contribution is 2.36. The second-order valence-corrected chi connectivity index (χ2v) is 7.95. The molecule has 0 saturated heterocycles. The van der Waals surface area contributed by atoms with Gasteiger partial charge in [-0.05, 0) is 29.2 Å². The van der Waals surface area contributed by atoms with Crippen LogP contribution in [0.1, 0.15) is 27.0 Å². The summed E-state index contributed by atoms with van der Waals surface area (Å²) >= 11 is 0. The van der Waals surface area contributed by atoms with E-state index >= 15 is 0 Å². The van der Waals surface area contributed by atoms with Crippen LogP contribution in [0.3, 0.4) is 0 Å². The van der Waals surface area contributed by atoms with Gasteiger partial charge in [-0.2, -0.15) is 0 Å². The maximum Gasteiger partial charge on any atom is 0.261 e. The van der Waals surface area contributed by atoms with Crippen molar-refractivity contribution in [2.45, 2.75) is 19.6 Å². The van der Waals surface area contributed by atoms with Gasteiger partial charge >= 0.3 is 0 Å². The Labute approximate surface area is 193 Å². The molecule has 1 aliphatic heterocycles. The topological polar surface area (TPSA) is 91.3 Å². The van der Waals surface area contributed by atoms with Crippen LogP contribution in [0.2, 0.25) is 0 Å². The van der Waals surface area contributed by atoms with Crippen LogP contribution in [0.5, 0.6) is 17.2 Å². The number of amides is 1. The third-order valence-corrected chi connectivity index (χ3v) is 5.70. The Hall–Kier alpha value is -3.71. The Morgan fingerprint density at radius 3 is 2.70 bits per heavy atom. The zero-order valence-electron chi connectivity index (χ0n) is 18.6. The van der Waals surface area contributed by atoms with Crippen molar-refractivity contribution >= 4 is 11.6 Å². The van der Waals surface area contributed by atoms with Crippen molar-refractivity contribution < 1.29 is 24.5 Å². The van der Waals surface area contributed by atoms with Gasteiger partial charge in [0.1, 0.15) is 29.4 Å². The molecule has 1 heterocycles. The highest BCUT2D eigenvalue weighted by molar-refractivity contribution is 6.00. The van der Waals surface area contributed by atoms with E-state index in [2.05, 4.69) is 11.4 Å². The van der Waals surface area contributed by atoms with Gasteiger partial charge in [0.15, 0.2) is 0 Å². The molecule has 3 N–H and O–H groups in total. The van der Waals surface area contributed by atoms with Crippen LogP contribution < -0.4 is 10.1 Å². The molecule has 0 aliphatic carbocycles. The van der Waals surface area contributed by atoms with Crippen LogP contribution in [0.25, 0.3) is 0 Å². The number of hydrogen-bond donors (Lipinski definition) is 3. The predicted octanol–water partition coefficient (Wildman–Crippen LogP) is 3.93. The zero-order valence-corrected chi connectivity index (χ0v) is 18.6. The number of fused-ring (bicyclic) bond motifs is 1. The number of hydrogen-bond acceptors (Lipinski definition) is 6. The molecule has 0 spiro atoms. The first-order valence-corrected chi connectivity index (χ1v) is 10.9. The van der Waals surface area contributed by atoms with Crippen LogP contribution in [-0.4, -0.2) is 47.8 Å². The number of phenols is 2. The average Bonchev–Trinajstić information content (AvgIpc) is 2.83. The van der Waals surface area contributed by atoms with Crippen molar-refractivity contribution in [3.8, 4) is 17.2 Å². The van der Waals surface area contributed by atoms with E-state index in [0.717, 1.165) is 22.9 Å². The lowest BCUT2D eigenvalue weighted by molar-refractivity contribution is 0.0726. The Bertz CT molecular complexity index is 1120. The Balaban J connectivity index is 1.57. The number of carbonyl (C=O) groups excluding carboxylic acids is 1. The van der Waals surface area contributed by atoms with Gasteiger partial charge in [-0.1, -0.05) is 42.5 Å². The van der Waals surface area contributed by atoms with Crippen molar-refractivity contribution in [1.29, 1.82) is 0 Å². The van der Waals surface area contributed by atoms with Gasteiger partial charge in [-0.25, -0.2) is 0 Å². The summed E-state index contributed by atoms with van der Waals surface area (Å²) in [5, 5.41) is 23.9. The van der Waals surface area contributed by atoms with E-state index in [4.69, 9.17) is 9.47 Å². The minimum Gasteiger partial charge on any atom is -0.508 e. The molecule has 33 heavy (non-hydrogen) atoms. The number of methoxy groups -OCH3 is 1. The number of benzene rings is 3. The lowest BCUT2D eigenvalue weighted by Crippen LogP contribution is -2.36. The summed E-state index contributed by atoms with van der Waals surface area (Å²) in [5.41, 5.74) is 4.18. The lowest BCUT2D eigenvalue weighted by Gasteiger charge is -2.31. The molecule has 0 atom stereocenters. The Kier molecular flexibility index (Phi) is 7.00. The summed E-state index contributed by atoms with van der Waals surface area (Å²) in [6.45, 7) is 2.38. The third kappa shape index (κ3) is 5.21. The van der Waals surface area contributed by atoms with E-state index < -0.39 is 0 Å². The molecule has 4 rings (SSSR count). The van der Waals surface area contributed by atoms with Crippen LogP contribution >= 0.6 is 0 Å². The number of rotatable bonds is 8. The van der Waals surface area contributed by atoms with Crippen molar-refractivity contribution in [3.63, 3.8) is 0 Å². The van der Waals surface area contributed by atoms with E-state index in [1.54, 1.807) is 12.0 Å². The molecular formula is C26H28N2O5. The quantitative estimate of drug-likeness (QED) is 0.452. The molecule has 0 unspecified atom stereocenters. The molecule has 3 aromatic rings. The van der Waals surface area contributed by atoms with Gasteiger partial charge in [0.25, 0.3) is 5.91 Å². The fourth-order valence-corrected chi connectivity index (χ4v) is 4.02. The molecule has 172 valence electrons. The molecule has 0 bridgehead atoms. The van der Waals surface area contributed by atoms with E-state index in [1.807, 2.05) is 42.5 Å². The van der Waals surface area contributed by atoms with E-state index in [1.165, 1.54) is 11.6 Å². The predicted molar refractivity (Wildman–Crippen MR) is 126 cm³/mol. The van der Waals surface area contributed by atoms with Crippen LogP contribution in [0.15, 0.2) is 60.7 Å². The monoisotopic (exact) mass is 448 g/mol. The first kappa shape index (κ1) is 22.5. The fraction of sp³-hybridized carbons (Fsp3) is 0.269. The molecule has 1 amide bonds. The number of nitrogens with zero attached hydrogens (tertiary/aromatic N) is 1. The minimum absolute atomic E-state index is 0.0528. The molecule has 7 heteroatoms. The number of aromatic hydroxyl groups is 2. The second kappa shape index (κ2) is 10.3. The number of ether oxygens (including phenoxy) is 2. The molecule has 0 aromatic heterocycles. The van der Waals surface area contributed by atoms with Crippen LogP contribution in [-0.2, 0) is 24.3 Å². The summed E-state index contributed by atoms with van der Waals surface area (Å²) < 4.78 is 11.0. The first-order chi connectivity index (χ1) is 16.1. The van der Waals surface area contributed by atoms with Crippen molar-refractivity contribution in [1.82, 2.24) is 4.90 Å². The number of anilines is 1. The van der Waals surface area contributed by atoms with Crippen LogP contribution in [0, 0.1) is 0 Å². The Morgan fingerprint density at radius 2 is 1.91 bits per heavy atom. The third-order valence-electron chi connectivity index (χ3n) is 5.70. The second-order valence-electron chi connectivity index (χ2n) is 7.95. The molecule has 0 radical (unpaired) electrons. The SMILES string of the molecule is COCCNc1cccc2c1CN(C(=O)c1c(O)cc(O)cc1OCc1ccccc1)CC2. The molecule has 3 aromatic carbocycles. The van der Waals surface area contributed by atoms with Gasteiger partial charge < -0.3 is 29.9 Å². The van der Waals surface area contributed by atoms with Gasteiger partial charge in [-0.15, -0.1) is 0 Å². The highest BCUT2D eigenvalue weighted by Gasteiger charge is 2.28. The fourth-order valence-electron chi connectivity index (χ4n) is 4.02. The van der Waals surface area contributed by atoms with E-state index in [-0.39, 0.29) is 35.3 Å². The molecule has 1 aliphatic rings. The number of carbonyl (C=O) groups is 1. The lowest BCUT2D eigenvalue weighted by atomic mass is 9.97. The number of phenolic OH excluding ortho intramolecular Hbond substituents is 2. The maximum absolute atomic E-state index is 13.5. The van der Waals surface area contributed by atoms with Gasteiger partial charge in [0.2, 0.25) is 0 Å². The van der Waals surface area contributed by atoms with Crippen molar-refractivity contribution in [2.75, 3.05) is 32.1 Å². The highest BCUT2D eigenvalue weighted by atomic mass is 16.5. The Morgan fingerprint density at radius 1 is 1.09 bits per heavy atom. The van der Waals surface area contributed by atoms with E-state index in [0.29, 0.717) is 32.7 Å². The van der Waals surface area contributed by atoms with Crippen LogP contribution in [0.4, 0.5) is 5.69 Å². The summed E-state index contributed by atoms with van der Waals surface area (Å²) in [4.78, 5) is 15.2. The van der Waals surface area contributed by atoms with Gasteiger partial charge in [0.05, 0.1) is 6.61 Å². The molecule has 0 fully saturated rings. The standard InChI is InChI=1S/C26H28N2O5/c1-32-13-11-27-22-9-5-8-19-10-12-28(16-21(19)22)26(31)25-23(30)14-20(29)15-24(25)33-17-18-6-3-2-4-7-18/h2-9,14-15,27,29-30H,10-13,16-17H2,1H3. The molecular weight excluding hydrogens is 420 g/mol. The minimum atomic E-state index is -0.340. The normalized spacial score (nSPS) is 12.8. The summed E-state index contributed by atoms with van der Waals surface area (Å²) in [5.74, 6) is -0.660. The smallest absolute Gasteiger partial charge is 0.261 e. The summed E-state index contributed by atoms with van der Waals surface area (Å²) in [6.07, 6.45) is 0.708. The zero-order chi connectivity index (χ0) is 23.2. The maximum atomic E-state index is 13.5. The summed E-state index contributed by atoms with van der Waals surface area (Å²) in [6, 6.07) is 18.1. The van der Waals surface area contributed by atoms with Crippen molar-refractivity contribution in [3.05, 3.63) is 82.9 Å². The molecule has 7 nitrogen and oxygen atoms in total. The first-order valence-electron chi connectivity index (χ1n) is 10.9. The van der Waals surface area contributed by atoms with Crippen molar-refractivity contribution in [2.24, 2.45) is 0 Å². The largest absolute Gasteiger partial charge is 0.508 e. The van der Waals surface area contributed by atoms with E-state index in [9.17, 15) is 15.0 Å². The summed E-state index contributed by atoms with van der Waals surface area (Å²) in [7, 11) is 1.66. The average molecular weight is 449 g/mol. The molecule has 0 saturated carbocycles. The number of nitrogens with one attached hydrogen (secondary N) is 1. The van der Waals surface area contributed by atoms with Gasteiger partial charge in [-0.3, -0.25) is 4.79 Å². The van der Waals surface area contributed by atoms with Gasteiger partial charge in [0, 0.05) is 44.6 Å².